The molecule has 9 heteroatoms. The summed E-state index contributed by atoms with van der Waals surface area (Å²) in [6.45, 7) is -0.450. The molecule has 0 radical (unpaired) electrons. The third kappa shape index (κ3) is 4.77. The van der Waals surface area contributed by atoms with Gasteiger partial charge in [0.25, 0.3) is 0 Å². The minimum Gasteiger partial charge on any atom is -0.755 e. The van der Waals surface area contributed by atoms with Gasteiger partial charge in [0, 0.05) is 21.9 Å². The van der Waals surface area contributed by atoms with E-state index in [9.17, 15) is 13.6 Å². The SMILES string of the molecule is O=C(O)COc1cccc2c1CCCC2N(c1ccc(-c2ccc(Cl)cc2)nc1)S(=O)[O-]. The number of hydrogen-bond acceptors (Lipinski definition) is 5. The van der Waals surface area contributed by atoms with Gasteiger partial charge in [0.05, 0.1) is 23.6 Å². The van der Waals surface area contributed by atoms with E-state index in [0.717, 1.165) is 23.1 Å². The molecule has 0 aliphatic heterocycles. The zero-order chi connectivity index (χ0) is 22.7. The lowest BCUT2D eigenvalue weighted by atomic mass is 9.87. The summed E-state index contributed by atoms with van der Waals surface area (Å²) in [6, 6.07) is 15.6. The monoisotopic (exact) mass is 471 g/mol. The van der Waals surface area contributed by atoms with Crippen molar-refractivity contribution in [3.05, 3.63) is 76.9 Å². The van der Waals surface area contributed by atoms with Gasteiger partial charge in [-0.2, -0.15) is 0 Å². The quantitative estimate of drug-likeness (QED) is 0.507. The number of carboxylic acids is 1. The highest BCUT2D eigenvalue weighted by Crippen LogP contribution is 2.41. The van der Waals surface area contributed by atoms with Crippen molar-refractivity contribution in [1.82, 2.24) is 4.98 Å². The number of benzene rings is 2. The summed E-state index contributed by atoms with van der Waals surface area (Å²) in [7, 11) is 0. The van der Waals surface area contributed by atoms with Crippen LogP contribution in [0.4, 0.5) is 5.69 Å². The van der Waals surface area contributed by atoms with Gasteiger partial charge < -0.3 is 14.4 Å². The molecule has 0 fully saturated rings. The summed E-state index contributed by atoms with van der Waals surface area (Å²) in [5.41, 5.74) is 3.68. The fourth-order valence-electron chi connectivity index (χ4n) is 3.99. The van der Waals surface area contributed by atoms with E-state index in [1.165, 1.54) is 4.31 Å². The molecular formula is C23H20ClN2O5S-. The fourth-order valence-corrected chi connectivity index (χ4v) is 4.82. The van der Waals surface area contributed by atoms with Crippen LogP contribution in [-0.2, 0) is 22.5 Å². The van der Waals surface area contributed by atoms with Crippen molar-refractivity contribution in [2.75, 3.05) is 10.9 Å². The van der Waals surface area contributed by atoms with E-state index in [4.69, 9.17) is 21.4 Å². The lowest BCUT2D eigenvalue weighted by molar-refractivity contribution is -0.139. The van der Waals surface area contributed by atoms with Crippen LogP contribution in [0.5, 0.6) is 5.75 Å². The molecule has 2 aromatic carbocycles. The molecule has 7 nitrogen and oxygen atoms in total. The molecule has 1 aromatic heterocycles. The number of aliphatic carboxylic acids is 1. The maximum atomic E-state index is 12.3. The van der Waals surface area contributed by atoms with Crippen LogP contribution in [0.1, 0.15) is 30.0 Å². The Bertz CT molecular complexity index is 1140. The molecule has 0 bridgehead atoms. The maximum Gasteiger partial charge on any atom is 0.341 e. The molecule has 166 valence electrons. The summed E-state index contributed by atoms with van der Waals surface area (Å²) < 4.78 is 31.3. The van der Waals surface area contributed by atoms with Crippen molar-refractivity contribution in [2.24, 2.45) is 0 Å². The molecule has 1 N–H and O–H groups in total. The Hall–Kier alpha value is -2.94. The number of halogens is 1. The van der Waals surface area contributed by atoms with Crippen molar-refractivity contribution in [2.45, 2.75) is 25.3 Å². The Kier molecular flexibility index (Phi) is 6.74. The van der Waals surface area contributed by atoms with Crippen LogP contribution in [-0.4, -0.2) is 31.4 Å². The maximum absolute atomic E-state index is 12.3. The largest absolute Gasteiger partial charge is 0.755 e. The second-order valence-corrected chi connectivity index (χ2v) is 8.63. The zero-order valence-electron chi connectivity index (χ0n) is 16.9. The van der Waals surface area contributed by atoms with Gasteiger partial charge >= 0.3 is 5.97 Å². The third-order valence-electron chi connectivity index (χ3n) is 5.37. The first kappa shape index (κ1) is 22.3. The molecule has 4 rings (SSSR count). The number of anilines is 1. The minimum absolute atomic E-state index is 0.436. The predicted molar refractivity (Wildman–Crippen MR) is 121 cm³/mol. The molecule has 1 heterocycles. The highest BCUT2D eigenvalue weighted by atomic mass is 35.5. The van der Waals surface area contributed by atoms with Gasteiger partial charge in [-0.15, -0.1) is 0 Å². The van der Waals surface area contributed by atoms with Crippen LogP contribution >= 0.6 is 11.6 Å². The van der Waals surface area contributed by atoms with Crippen LogP contribution in [0, 0.1) is 0 Å². The number of rotatable bonds is 7. The smallest absolute Gasteiger partial charge is 0.341 e. The Balaban J connectivity index is 1.66. The fraction of sp³-hybridized carbons (Fsp3) is 0.217. The number of hydrogen-bond donors (Lipinski definition) is 1. The molecule has 3 aromatic rings. The Morgan fingerprint density at radius 1 is 1.22 bits per heavy atom. The van der Waals surface area contributed by atoms with E-state index < -0.39 is 29.9 Å². The molecular weight excluding hydrogens is 452 g/mol. The van der Waals surface area contributed by atoms with Crippen molar-refractivity contribution in [1.29, 1.82) is 0 Å². The van der Waals surface area contributed by atoms with Gasteiger partial charge in [-0.3, -0.25) is 13.5 Å². The van der Waals surface area contributed by atoms with Gasteiger partial charge in [0.2, 0.25) is 0 Å². The van der Waals surface area contributed by atoms with Crippen LogP contribution in [0.25, 0.3) is 11.3 Å². The summed E-state index contributed by atoms with van der Waals surface area (Å²) in [5.74, 6) is -0.591. The molecule has 0 spiro atoms. The summed E-state index contributed by atoms with van der Waals surface area (Å²) >= 11 is 3.40. The Morgan fingerprint density at radius 3 is 2.66 bits per heavy atom. The first-order valence-electron chi connectivity index (χ1n) is 10.0. The molecule has 2 atom stereocenters. The van der Waals surface area contributed by atoms with Gasteiger partial charge in [0.15, 0.2) is 6.61 Å². The molecule has 0 saturated heterocycles. The Morgan fingerprint density at radius 2 is 2.00 bits per heavy atom. The van der Waals surface area contributed by atoms with E-state index in [2.05, 4.69) is 4.98 Å². The summed E-state index contributed by atoms with van der Waals surface area (Å²) in [5, 5.41) is 9.56. The normalized spacial score (nSPS) is 16.1. The number of carboxylic acid groups (broad SMARTS) is 1. The number of carbonyl (C=O) groups is 1. The third-order valence-corrected chi connectivity index (χ3v) is 6.41. The van der Waals surface area contributed by atoms with Crippen LogP contribution in [0.15, 0.2) is 60.8 Å². The molecule has 1 aliphatic rings. The standard InChI is InChI=1S/C23H21ClN2O5S/c24-16-9-7-15(8-10-16)20-12-11-17(13-25-20)26(32(29)30)21-5-1-4-19-18(21)3-2-6-22(19)31-14-23(27)28/h2-3,6-13,21H,1,4-5,14H2,(H,27,28)(H,29,30)/p-1. The molecule has 0 amide bonds. The van der Waals surface area contributed by atoms with E-state index in [1.807, 2.05) is 18.2 Å². The summed E-state index contributed by atoms with van der Waals surface area (Å²) in [6.07, 6.45) is 3.60. The number of pyridine rings is 1. The topological polar surface area (TPSA) is 103 Å². The van der Waals surface area contributed by atoms with Crippen molar-refractivity contribution >= 4 is 34.5 Å². The predicted octanol–water partition coefficient (Wildman–Crippen LogP) is 4.54. The highest BCUT2D eigenvalue weighted by Gasteiger charge is 2.29. The number of fused-ring (bicyclic) bond motifs is 1. The van der Waals surface area contributed by atoms with Crippen LogP contribution in [0.3, 0.4) is 0 Å². The number of ether oxygens (including phenoxy) is 1. The zero-order valence-corrected chi connectivity index (χ0v) is 18.5. The van der Waals surface area contributed by atoms with E-state index in [-0.39, 0.29) is 0 Å². The van der Waals surface area contributed by atoms with Crippen LogP contribution < -0.4 is 9.04 Å². The number of aromatic nitrogens is 1. The van der Waals surface area contributed by atoms with Gasteiger partial charge in [-0.1, -0.05) is 35.9 Å². The van der Waals surface area contributed by atoms with E-state index >= 15 is 0 Å². The van der Waals surface area contributed by atoms with Gasteiger partial charge in [-0.05, 0) is 60.7 Å². The van der Waals surface area contributed by atoms with Gasteiger partial charge in [-0.25, -0.2) is 4.79 Å². The van der Waals surface area contributed by atoms with Crippen molar-refractivity contribution in [3.63, 3.8) is 0 Å². The second-order valence-electron chi connectivity index (χ2n) is 7.37. The molecule has 1 aliphatic carbocycles. The Labute approximate surface area is 193 Å². The molecule has 0 saturated carbocycles. The van der Waals surface area contributed by atoms with E-state index in [0.29, 0.717) is 35.0 Å². The van der Waals surface area contributed by atoms with Crippen LogP contribution in [0.2, 0.25) is 5.02 Å². The molecule has 2 unspecified atom stereocenters. The first-order valence-corrected chi connectivity index (χ1v) is 11.4. The first-order chi connectivity index (χ1) is 15.4. The average Bonchev–Trinajstić information content (AvgIpc) is 2.79. The number of nitrogens with zero attached hydrogens (tertiary/aromatic N) is 2. The average molecular weight is 472 g/mol. The lowest BCUT2D eigenvalue weighted by Crippen LogP contribution is -2.33. The highest BCUT2D eigenvalue weighted by molar-refractivity contribution is 7.80. The minimum atomic E-state index is -2.54. The van der Waals surface area contributed by atoms with E-state index in [1.54, 1.807) is 42.6 Å². The molecule has 32 heavy (non-hydrogen) atoms. The summed E-state index contributed by atoms with van der Waals surface area (Å²) in [4.78, 5) is 15.4. The lowest BCUT2D eigenvalue weighted by Gasteiger charge is -2.38. The van der Waals surface area contributed by atoms with Gasteiger partial charge in [0.1, 0.15) is 5.75 Å². The van der Waals surface area contributed by atoms with Crippen molar-refractivity contribution < 1.29 is 23.4 Å². The second kappa shape index (κ2) is 9.68. The van der Waals surface area contributed by atoms with Crippen molar-refractivity contribution in [3.8, 4) is 17.0 Å².